The van der Waals surface area contributed by atoms with E-state index in [-0.39, 0.29) is 6.23 Å². The summed E-state index contributed by atoms with van der Waals surface area (Å²) in [4.78, 5) is 12.9. The molecule has 1 saturated heterocycles. The Hall–Kier alpha value is -1.19. The second-order valence-corrected chi connectivity index (χ2v) is 5.87. The first kappa shape index (κ1) is 12.8. The van der Waals surface area contributed by atoms with Gasteiger partial charge >= 0.3 is 0 Å². The highest BCUT2D eigenvalue weighted by atomic mass is 16.3. The maximum absolute atomic E-state index is 10.7. The second kappa shape index (κ2) is 5.43. The normalized spacial score (nSPS) is 28.3. The summed E-state index contributed by atoms with van der Waals surface area (Å²) in [6.45, 7) is 1.77. The van der Waals surface area contributed by atoms with Crippen molar-refractivity contribution in [3.05, 3.63) is 35.4 Å². The molecule has 3 atom stereocenters. The molecule has 3 nitrogen and oxygen atoms in total. The number of β-amino-alcohol motifs (C(OH)–C–C–N with tert-alkyl or cyclic N) is 1. The fourth-order valence-corrected chi connectivity index (χ4v) is 3.32. The van der Waals surface area contributed by atoms with Crippen molar-refractivity contribution in [1.82, 2.24) is 4.90 Å². The standard InChI is InChI=1S/C16H21NO2/c18-11-12-5-7-14(8-6-12)15(9-17-10-16(17)19)13-3-1-2-4-13/h5-8,11,13,15-16,19H,1-4,9-10H2. The number of carbonyl (C=O) groups is 1. The lowest BCUT2D eigenvalue weighted by Gasteiger charge is -2.24. The van der Waals surface area contributed by atoms with Crippen LogP contribution in [0.1, 0.15) is 47.5 Å². The number of carbonyl (C=O) groups excluding carboxylic acids is 1. The summed E-state index contributed by atoms with van der Waals surface area (Å²) in [6, 6.07) is 7.98. The molecule has 0 amide bonds. The third kappa shape index (κ3) is 2.88. The lowest BCUT2D eigenvalue weighted by Crippen LogP contribution is -2.20. The molecule has 0 radical (unpaired) electrons. The minimum Gasteiger partial charge on any atom is -0.377 e. The van der Waals surface area contributed by atoms with Crippen molar-refractivity contribution in [3.63, 3.8) is 0 Å². The predicted octanol–water partition coefficient (Wildman–Crippen LogP) is 2.41. The Kier molecular flexibility index (Phi) is 3.67. The SMILES string of the molecule is O=Cc1ccc(C(CN2CC2O)C2CCCC2)cc1. The Morgan fingerprint density at radius 1 is 1.26 bits per heavy atom. The number of aldehydes is 1. The number of aliphatic hydroxyl groups is 1. The Labute approximate surface area is 114 Å². The van der Waals surface area contributed by atoms with Crippen LogP contribution in [0.4, 0.5) is 0 Å². The van der Waals surface area contributed by atoms with Crippen LogP contribution in [0.5, 0.6) is 0 Å². The summed E-state index contributed by atoms with van der Waals surface area (Å²) in [5.74, 6) is 1.23. The molecule has 1 aromatic carbocycles. The second-order valence-electron chi connectivity index (χ2n) is 5.87. The molecule has 3 heteroatoms. The number of aliphatic hydroxyl groups excluding tert-OH is 1. The van der Waals surface area contributed by atoms with Crippen molar-refractivity contribution in [2.24, 2.45) is 5.92 Å². The summed E-state index contributed by atoms with van der Waals surface area (Å²) in [7, 11) is 0. The van der Waals surface area contributed by atoms with Crippen molar-refractivity contribution in [3.8, 4) is 0 Å². The van der Waals surface area contributed by atoms with Gasteiger partial charge in [-0.3, -0.25) is 9.69 Å². The smallest absolute Gasteiger partial charge is 0.150 e. The fourth-order valence-electron chi connectivity index (χ4n) is 3.32. The van der Waals surface area contributed by atoms with Crippen LogP contribution in [0.25, 0.3) is 0 Å². The Balaban J connectivity index is 1.77. The van der Waals surface area contributed by atoms with Crippen LogP contribution in [-0.2, 0) is 0 Å². The third-order valence-electron chi connectivity index (χ3n) is 4.59. The van der Waals surface area contributed by atoms with Crippen LogP contribution in [-0.4, -0.2) is 35.6 Å². The van der Waals surface area contributed by atoms with Crippen molar-refractivity contribution in [1.29, 1.82) is 0 Å². The molecule has 19 heavy (non-hydrogen) atoms. The van der Waals surface area contributed by atoms with Crippen LogP contribution in [0.2, 0.25) is 0 Å². The van der Waals surface area contributed by atoms with E-state index in [0.29, 0.717) is 5.92 Å². The van der Waals surface area contributed by atoms with Crippen LogP contribution in [0.15, 0.2) is 24.3 Å². The van der Waals surface area contributed by atoms with Gasteiger partial charge in [-0.15, -0.1) is 0 Å². The molecule has 1 N–H and O–H groups in total. The van der Waals surface area contributed by atoms with Crippen molar-refractivity contribution < 1.29 is 9.90 Å². The summed E-state index contributed by atoms with van der Waals surface area (Å²) in [5, 5.41) is 9.53. The van der Waals surface area contributed by atoms with Crippen molar-refractivity contribution in [2.75, 3.05) is 13.1 Å². The van der Waals surface area contributed by atoms with Crippen LogP contribution in [0.3, 0.4) is 0 Å². The van der Waals surface area contributed by atoms with Gasteiger partial charge in [0.05, 0.1) is 0 Å². The molecule has 1 aliphatic carbocycles. The lowest BCUT2D eigenvalue weighted by molar-refractivity contribution is 0.112. The van der Waals surface area contributed by atoms with Crippen LogP contribution in [0, 0.1) is 5.92 Å². The molecule has 2 fully saturated rings. The molecule has 2 aliphatic rings. The summed E-state index contributed by atoms with van der Waals surface area (Å²) in [6.07, 6.45) is 5.92. The first-order chi connectivity index (χ1) is 9.28. The molecule has 3 rings (SSSR count). The average molecular weight is 259 g/mol. The molecular weight excluding hydrogens is 238 g/mol. The van der Waals surface area contributed by atoms with E-state index < -0.39 is 0 Å². The van der Waals surface area contributed by atoms with E-state index in [4.69, 9.17) is 0 Å². The van der Waals surface area contributed by atoms with Gasteiger partial charge in [0, 0.05) is 18.7 Å². The lowest BCUT2D eigenvalue weighted by atomic mass is 9.84. The third-order valence-corrected chi connectivity index (χ3v) is 4.59. The van der Waals surface area contributed by atoms with Gasteiger partial charge in [0.2, 0.25) is 0 Å². The Morgan fingerprint density at radius 2 is 1.89 bits per heavy atom. The summed E-state index contributed by atoms with van der Waals surface area (Å²) < 4.78 is 0. The van der Waals surface area contributed by atoms with Gasteiger partial charge in [-0.25, -0.2) is 0 Å². The van der Waals surface area contributed by atoms with Crippen LogP contribution >= 0.6 is 0 Å². The molecule has 1 saturated carbocycles. The molecule has 1 aromatic rings. The zero-order chi connectivity index (χ0) is 13.2. The highest BCUT2D eigenvalue weighted by Crippen LogP contribution is 2.39. The highest BCUT2D eigenvalue weighted by Gasteiger charge is 2.36. The number of hydrogen-bond donors (Lipinski definition) is 1. The quantitative estimate of drug-likeness (QED) is 0.652. The number of benzene rings is 1. The highest BCUT2D eigenvalue weighted by molar-refractivity contribution is 5.74. The predicted molar refractivity (Wildman–Crippen MR) is 74.1 cm³/mol. The maximum atomic E-state index is 10.7. The molecule has 102 valence electrons. The van der Waals surface area contributed by atoms with E-state index in [9.17, 15) is 9.90 Å². The average Bonchev–Trinajstić information content (AvgIpc) is 2.94. The first-order valence-electron chi connectivity index (χ1n) is 7.25. The number of rotatable bonds is 5. The molecule has 0 bridgehead atoms. The molecular formula is C16H21NO2. The largest absolute Gasteiger partial charge is 0.377 e. The van der Waals surface area contributed by atoms with E-state index >= 15 is 0 Å². The molecule has 1 aliphatic heterocycles. The van der Waals surface area contributed by atoms with Crippen molar-refractivity contribution in [2.45, 2.75) is 37.8 Å². The monoisotopic (exact) mass is 259 g/mol. The van der Waals surface area contributed by atoms with Crippen LogP contribution < -0.4 is 0 Å². The fraction of sp³-hybridized carbons (Fsp3) is 0.562. The summed E-state index contributed by atoms with van der Waals surface area (Å²) in [5.41, 5.74) is 2.05. The minimum absolute atomic E-state index is 0.224. The van der Waals surface area contributed by atoms with Gasteiger partial charge < -0.3 is 5.11 Å². The molecule has 0 aromatic heterocycles. The van der Waals surface area contributed by atoms with Gasteiger partial charge in [0.25, 0.3) is 0 Å². The van der Waals surface area contributed by atoms with Gasteiger partial charge in [0.15, 0.2) is 0 Å². The molecule has 1 heterocycles. The van der Waals surface area contributed by atoms with E-state index in [1.54, 1.807) is 0 Å². The van der Waals surface area contributed by atoms with Gasteiger partial charge in [0.1, 0.15) is 12.5 Å². The number of nitrogens with zero attached hydrogens (tertiary/aromatic N) is 1. The minimum atomic E-state index is -0.224. The topological polar surface area (TPSA) is 40.3 Å². The zero-order valence-electron chi connectivity index (χ0n) is 11.2. The Morgan fingerprint density at radius 3 is 2.42 bits per heavy atom. The zero-order valence-corrected chi connectivity index (χ0v) is 11.2. The Bertz CT molecular complexity index is 437. The van der Waals surface area contributed by atoms with Gasteiger partial charge in [-0.2, -0.15) is 0 Å². The van der Waals surface area contributed by atoms with Gasteiger partial charge in [-0.05, 0) is 30.2 Å². The van der Waals surface area contributed by atoms with E-state index in [1.807, 2.05) is 12.1 Å². The molecule has 3 unspecified atom stereocenters. The summed E-state index contributed by atoms with van der Waals surface area (Å²) >= 11 is 0. The van der Waals surface area contributed by atoms with Gasteiger partial charge in [-0.1, -0.05) is 37.1 Å². The van der Waals surface area contributed by atoms with Crippen molar-refractivity contribution >= 4 is 6.29 Å². The maximum Gasteiger partial charge on any atom is 0.150 e. The molecule has 0 spiro atoms. The van der Waals surface area contributed by atoms with E-state index in [2.05, 4.69) is 17.0 Å². The van der Waals surface area contributed by atoms with E-state index in [1.165, 1.54) is 31.2 Å². The van der Waals surface area contributed by atoms with E-state index in [0.717, 1.165) is 30.9 Å². The number of hydrogen-bond acceptors (Lipinski definition) is 3. The first-order valence-corrected chi connectivity index (χ1v) is 7.25.